The summed E-state index contributed by atoms with van der Waals surface area (Å²) in [4.78, 5) is 15.1. The van der Waals surface area contributed by atoms with Crippen LogP contribution in [0.5, 0.6) is 0 Å². The van der Waals surface area contributed by atoms with Crippen molar-refractivity contribution in [2.45, 2.75) is 38.8 Å². The van der Waals surface area contributed by atoms with Crippen LogP contribution < -0.4 is 4.90 Å². The first kappa shape index (κ1) is 15.0. The molecule has 0 spiro atoms. The van der Waals surface area contributed by atoms with E-state index >= 15 is 0 Å². The molecule has 1 unspecified atom stereocenters. The topological polar surface area (TPSA) is 69.6 Å². The van der Waals surface area contributed by atoms with Gasteiger partial charge in [0.1, 0.15) is 4.60 Å². The molecule has 6 nitrogen and oxygen atoms in total. The lowest BCUT2D eigenvalue weighted by atomic mass is 10.0. The molecule has 1 atom stereocenters. The molecule has 1 aromatic rings. The van der Waals surface area contributed by atoms with Crippen molar-refractivity contribution in [1.82, 2.24) is 15.1 Å². The van der Waals surface area contributed by atoms with E-state index in [-0.39, 0.29) is 6.04 Å². The van der Waals surface area contributed by atoms with Crippen molar-refractivity contribution in [3.63, 3.8) is 0 Å². The largest absolute Gasteiger partial charge is 0.465 e. The maximum Gasteiger partial charge on any atom is 0.408 e. The molecule has 1 saturated heterocycles. The van der Waals surface area contributed by atoms with E-state index in [4.69, 9.17) is 0 Å². The zero-order chi connectivity index (χ0) is 14.9. The van der Waals surface area contributed by atoms with E-state index in [2.05, 4.69) is 31.0 Å². The highest BCUT2D eigenvalue weighted by Gasteiger charge is 2.37. The molecule has 0 saturated carbocycles. The Bertz CT molecular complexity index is 486. The standard InChI is InChI=1S/C13H19BrN4O2/c1-13(2,3)18(12(19)20)9-6-7-17(8-9)11-5-4-10(14)15-16-11/h4-5,9H,6-8H2,1-3H3,(H,19,20). The van der Waals surface area contributed by atoms with E-state index in [1.165, 1.54) is 0 Å². The summed E-state index contributed by atoms with van der Waals surface area (Å²) < 4.78 is 0.693. The zero-order valence-corrected chi connectivity index (χ0v) is 13.5. The first-order chi connectivity index (χ1) is 9.29. The number of nitrogens with zero attached hydrogens (tertiary/aromatic N) is 4. The molecule has 0 aliphatic carbocycles. The Balaban J connectivity index is 2.11. The van der Waals surface area contributed by atoms with Crippen molar-refractivity contribution in [1.29, 1.82) is 0 Å². The SMILES string of the molecule is CC(C)(C)N(C(=O)O)C1CCN(c2ccc(Br)nn2)C1. The normalized spacial score (nSPS) is 19.2. The number of anilines is 1. The molecular weight excluding hydrogens is 324 g/mol. The third-order valence-electron chi connectivity index (χ3n) is 3.40. The highest BCUT2D eigenvalue weighted by Crippen LogP contribution is 2.26. The minimum absolute atomic E-state index is 0.0158. The van der Waals surface area contributed by atoms with Crippen molar-refractivity contribution in [2.75, 3.05) is 18.0 Å². The molecule has 1 aliphatic heterocycles. The summed E-state index contributed by atoms with van der Waals surface area (Å²) in [5.74, 6) is 0.787. The molecule has 1 aromatic heterocycles. The third-order valence-corrected chi connectivity index (χ3v) is 3.82. The summed E-state index contributed by atoms with van der Waals surface area (Å²) in [7, 11) is 0. The van der Waals surface area contributed by atoms with Crippen LogP contribution in [0.25, 0.3) is 0 Å². The predicted octanol–water partition coefficient (Wildman–Crippen LogP) is 2.60. The average molecular weight is 343 g/mol. The van der Waals surface area contributed by atoms with Crippen molar-refractivity contribution in [3.05, 3.63) is 16.7 Å². The molecule has 2 heterocycles. The van der Waals surface area contributed by atoms with Gasteiger partial charge in [-0.1, -0.05) is 0 Å². The average Bonchev–Trinajstić information content (AvgIpc) is 2.76. The van der Waals surface area contributed by atoms with Crippen molar-refractivity contribution in [2.24, 2.45) is 0 Å². The van der Waals surface area contributed by atoms with E-state index in [0.717, 1.165) is 18.8 Å². The van der Waals surface area contributed by atoms with Gasteiger partial charge < -0.3 is 10.0 Å². The fourth-order valence-electron chi connectivity index (χ4n) is 2.63. The third kappa shape index (κ3) is 3.20. The van der Waals surface area contributed by atoms with E-state index in [1.54, 1.807) is 4.90 Å². The molecule has 0 bridgehead atoms. The van der Waals surface area contributed by atoms with E-state index in [0.29, 0.717) is 11.1 Å². The highest BCUT2D eigenvalue weighted by atomic mass is 79.9. The maximum absolute atomic E-state index is 11.5. The van der Waals surface area contributed by atoms with Crippen LogP contribution in [0, 0.1) is 0 Å². The van der Waals surface area contributed by atoms with Gasteiger partial charge in [0, 0.05) is 18.6 Å². The molecule has 20 heavy (non-hydrogen) atoms. The highest BCUT2D eigenvalue weighted by molar-refractivity contribution is 9.10. The molecule has 1 aliphatic rings. The molecule has 1 amide bonds. The van der Waals surface area contributed by atoms with E-state index < -0.39 is 11.6 Å². The molecule has 7 heteroatoms. The van der Waals surface area contributed by atoms with Crippen LogP contribution in [0.4, 0.5) is 10.6 Å². The maximum atomic E-state index is 11.5. The van der Waals surface area contributed by atoms with Gasteiger partial charge in [0.05, 0.1) is 6.04 Å². The summed E-state index contributed by atoms with van der Waals surface area (Å²) in [5.41, 5.74) is -0.405. The number of rotatable bonds is 2. The van der Waals surface area contributed by atoms with Gasteiger partial charge in [-0.05, 0) is 55.3 Å². The van der Waals surface area contributed by atoms with E-state index in [1.807, 2.05) is 32.9 Å². The smallest absolute Gasteiger partial charge is 0.408 e. The van der Waals surface area contributed by atoms with Crippen LogP contribution in [-0.2, 0) is 0 Å². The van der Waals surface area contributed by atoms with Crippen molar-refractivity contribution >= 4 is 27.8 Å². The van der Waals surface area contributed by atoms with Gasteiger partial charge in [-0.3, -0.25) is 4.90 Å². The molecule has 2 rings (SSSR count). The van der Waals surface area contributed by atoms with Gasteiger partial charge in [0.25, 0.3) is 0 Å². The number of amides is 1. The molecule has 1 fully saturated rings. The molecule has 0 radical (unpaired) electrons. The lowest BCUT2D eigenvalue weighted by Crippen LogP contribution is -2.52. The fourth-order valence-corrected chi connectivity index (χ4v) is 2.84. The first-order valence-electron chi connectivity index (χ1n) is 6.55. The van der Waals surface area contributed by atoms with Crippen molar-refractivity contribution < 1.29 is 9.90 Å². The monoisotopic (exact) mass is 342 g/mol. The molecular formula is C13H19BrN4O2. The summed E-state index contributed by atoms with van der Waals surface area (Å²) >= 11 is 3.26. The fraction of sp³-hybridized carbons (Fsp3) is 0.615. The summed E-state index contributed by atoms with van der Waals surface area (Å²) in [6.45, 7) is 7.20. The van der Waals surface area contributed by atoms with Crippen LogP contribution in [0.1, 0.15) is 27.2 Å². The first-order valence-corrected chi connectivity index (χ1v) is 7.35. The van der Waals surface area contributed by atoms with Crippen LogP contribution in [-0.4, -0.2) is 51.0 Å². The summed E-state index contributed by atoms with van der Waals surface area (Å²) in [6.07, 6.45) is -0.0624. The number of hydrogen-bond acceptors (Lipinski definition) is 4. The lowest BCUT2D eigenvalue weighted by molar-refractivity contribution is 0.0763. The number of carboxylic acid groups (broad SMARTS) is 1. The van der Waals surface area contributed by atoms with Crippen LogP contribution in [0.3, 0.4) is 0 Å². The Kier molecular flexibility index (Phi) is 4.17. The second kappa shape index (κ2) is 5.55. The second-order valence-corrected chi connectivity index (χ2v) is 6.74. The number of hydrogen-bond donors (Lipinski definition) is 1. The van der Waals surface area contributed by atoms with Crippen LogP contribution in [0.15, 0.2) is 16.7 Å². The number of aromatic nitrogens is 2. The Morgan fingerprint density at radius 2 is 2.15 bits per heavy atom. The molecule has 110 valence electrons. The minimum Gasteiger partial charge on any atom is -0.465 e. The van der Waals surface area contributed by atoms with Crippen molar-refractivity contribution in [3.8, 4) is 0 Å². The van der Waals surface area contributed by atoms with Gasteiger partial charge in [0.2, 0.25) is 0 Å². The Morgan fingerprint density at radius 3 is 2.65 bits per heavy atom. The molecule has 0 aromatic carbocycles. The Hall–Kier alpha value is -1.37. The quantitative estimate of drug-likeness (QED) is 0.894. The van der Waals surface area contributed by atoms with Crippen LogP contribution >= 0.6 is 15.9 Å². The zero-order valence-electron chi connectivity index (χ0n) is 11.9. The number of halogens is 1. The van der Waals surface area contributed by atoms with Crippen LogP contribution in [0.2, 0.25) is 0 Å². The Labute approximate surface area is 126 Å². The molecule has 1 N–H and O–H groups in total. The second-order valence-electron chi connectivity index (χ2n) is 5.93. The van der Waals surface area contributed by atoms with Gasteiger partial charge in [0.15, 0.2) is 5.82 Å². The predicted molar refractivity (Wildman–Crippen MR) is 80.0 cm³/mol. The van der Waals surface area contributed by atoms with Gasteiger partial charge in [-0.15, -0.1) is 10.2 Å². The van der Waals surface area contributed by atoms with E-state index in [9.17, 15) is 9.90 Å². The minimum atomic E-state index is -0.869. The summed E-state index contributed by atoms with van der Waals surface area (Å²) in [6, 6.07) is 3.72. The van der Waals surface area contributed by atoms with Gasteiger partial charge in [-0.25, -0.2) is 4.79 Å². The summed E-state index contributed by atoms with van der Waals surface area (Å²) in [5, 5.41) is 17.5. The van der Waals surface area contributed by atoms with Gasteiger partial charge >= 0.3 is 6.09 Å². The Morgan fingerprint density at radius 1 is 1.45 bits per heavy atom. The number of carbonyl (C=O) groups is 1. The lowest BCUT2D eigenvalue weighted by Gasteiger charge is -2.37. The van der Waals surface area contributed by atoms with Gasteiger partial charge in [-0.2, -0.15) is 0 Å².